The molecule has 3 aromatic rings. The van der Waals surface area contributed by atoms with Crippen LogP contribution in [0.3, 0.4) is 0 Å². The topological polar surface area (TPSA) is 69.7 Å². The van der Waals surface area contributed by atoms with Gasteiger partial charge in [0, 0.05) is 18.1 Å². The first-order valence-corrected chi connectivity index (χ1v) is 8.23. The molecule has 0 atom stereocenters. The monoisotopic (exact) mass is 360 g/mol. The summed E-state index contributed by atoms with van der Waals surface area (Å²) in [5.41, 5.74) is 1.41. The summed E-state index contributed by atoms with van der Waals surface area (Å²) in [6.45, 7) is 1.30. The van der Waals surface area contributed by atoms with Gasteiger partial charge < -0.3 is 9.47 Å². The fourth-order valence-electron chi connectivity index (χ4n) is 2.42. The van der Waals surface area contributed by atoms with Gasteiger partial charge in [-0.1, -0.05) is 30.3 Å². The lowest BCUT2D eigenvalue weighted by Crippen LogP contribution is -2.09. The fraction of sp³-hybridized carbons (Fsp3) is 0.0455. The van der Waals surface area contributed by atoms with Gasteiger partial charge in [-0.15, -0.1) is 0 Å². The minimum absolute atomic E-state index is 0.102. The van der Waals surface area contributed by atoms with Gasteiger partial charge in [-0.2, -0.15) is 0 Å². The van der Waals surface area contributed by atoms with Crippen molar-refractivity contribution in [3.63, 3.8) is 0 Å². The lowest BCUT2D eigenvalue weighted by atomic mass is 10.0. The maximum Gasteiger partial charge on any atom is 0.343 e. The zero-order valence-electron chi connectivity index (χ0n) is 14.5. The van der Waals surface area contributed by atoms with Crippen LogP contribution in [-0.2, 0) is 4.79 Å². The maximum absolute atomic E-state index is 12.4. The van der Waals surface area contributed by atoms with Gasteiger partial charge in [-0.05, 0) is 48.5 Å². The van der Waals surface area contributed by atoms with E-state index < -0.39 is 11.9 Å². The molecule has 0 spiro atoms. The molecular weight excluding hydrogens is 344 g/mol. The van der Waals surface area contributed by atoms with Crippen molar-refractivity contribution in [2.24, 2.45) is 0 Å². The summed E-state index contributed by atoms with van der Waals surface area (Å²) < 4.78 is 10.2. The summed E-state index contributed by atoms with van der Waals surface area (Å²) in [6, 6.07) is 21.4. The molecule has 0 aliphatic heterocycles. The Kier molecular flexibility index (Phi) is 5.42. The van der Waals surface area contributed by atoms with E-state index in [2.05, 4.69) is 0 Å². The zero-order valence-corrected chi connectivity index (χ0v) is 14.5. The molecule has 5 heteroatoms. The highest BCUT2D eigenvalue weighted by atomic mass is 16.5. The number of hydrogen-bond acceptors (Lipinski definition) is 5. The van der Waals surface area contributed by atoms with Crippen LogP contribution >= 0.6 is 0 Å². The second-order valence-electron chi connectivity index (χ2n) is 5.73. The largest absolute Gasteiger partial charge is 0.427 e. The van der Waals surface area contributed by atoms with Crippen molar-refractivity contribution in [3.8, 4) is 11.5 Å². The number of hydrogen-bond donors (Lipinski definition) is 0. The second kappa shape index (κ2) is 8.10. The van der Waals surface area contributed by atoms with Crippen LogP contribution in [0, 0.1) is 0 Å². The molecule has 134 valence electrons. The fourth-order valence-corrected chi connectivity index (χ4v) is 2.42. The van der Waals surface area contributed by atoms with Crippen LogP contribution in [0.15, 0.2) is 78.9 Å². The van der Waals surface area contributed by atoms with E-state index in [4.69, 9.17) is 9.47 Å². The molecule has 0 amide bonds. The first kappa shape index (κ1) is 18.1. The third-order valence-corrected chi connectivity index (χ3v) is 3.71. The minimum atomic E-state index is -0.550. The van der Waals surface area contributed by atoms with Crippen molar-refractivity contribution in [1.82, 2.24) is 0 Å². The summed E-state index contributed by atoms with van der Waals surface area (Å²) in [5.74, 6) is -0.409. The number of carbonyl (C=O) groups excluding carboxylic acids is 3. The van der Waals surface area contributed by atoms with Crippen molar-refractivity contribution >= 4 is 17.7 Å². The summed E-state index contributed by atoms with van der Waals surface area (Å²) in [5, 5.41) is 0. The van der Waals surface area contributed by atoms with Gasteiger partial charge in [0.1, 0.15) is 11.5 Å². The molecule has 3 aromatic carbocycles. The molecule has 5 nitrogen and oxygen atoms in total. The molecule has 0 N–H and O–H groups in total. The molecule has 0 aromatic heterocycles. The molecule has 27 heavy (non-hydrogen) atoms. The zero-order chi connectivity index (χ0) is 19.2. The summed E-state index contributed by atoms with van der Waals surface area (Å²) in [7, 11) is 0. The van der Waals surface area contributed by atoms with E-state index in [-0.39, 0.29) is 5.78 Å². The Morgan fingerprint density at radius 3 is 1.63 bits per heavy atom. The van der Waals surface area contributed by atoms with Crippen molar-refractivity contribution in [2.45, 2.75) is 6.92 Å². The van der Waals surface area contributed by atoms with Crippen LogP contribution in [-0.4, -0.2) is 17.7 Å². The number of carbonyl (C=O) groups is 3. The Labute approximate surface area is 156 Å². The molecule has 0 saturated carbocycles. The summed E-state index contributed by atoms with van der Waals surface area (Å²) >= 11 is 0. The van der Waals surface area contributed by atoms with Crippen LogP contribution in [0.4, 0.5) is 0 Å². The first-order chi connectivity index (χ1) is 13.0. The van der Waals surface area contributed by atoms with Gasteiger partial charge in [0.2, 0.25) is 0 Å². The second-order valence-corrected chi connectivity index (χ2v) is 5.73. The SMILES string of the molecule is CC(=O)Oc1ccc(C(=O)Oc2ccc(C(=O)c3ccccc3)cc2)cc1. The Morgan fingerprint density at radius 2 is 1.07 bits per heavy atom. The third kappa shape index (κ3) is 4.67. The molecule has 0 bridgehead atoms. The summed E-state index contributed by atoms with van der Waals surface area (Å²) in [6.07, 6.45) is 0. The predicted octanol–water partition coefficient (Wildman–Crippen LogP) is 4.06. The van der Waals surface area contributed by atoms with E-state index in [0.29, 0.717) is 28.2 Å². The van der Waals surface area contributed by atoms with E-state index in [1.165, 1.54) is 31.2 Å². The average molecular weight is 360 g/mol. The highest BCUT2D eigenvalue weighted by Crippen LogP contribution is 2.18. The third-order valence-electron chi connectivity index (χ3n) is 3.71. The van der Waals surface area contributed by atoms with E-state index in [1.54, 1.807) is 48.5 Å². The van der Waals surface area contributed by atoms with E-state index in [0.717, 1.165) is 0 Å². The van der Waals surface area contributed by atoms with Crippen molar-refractivity contribution < 1.29 is 23.9 Å². The molecule has 0 heterocycles. The molecular formula is C22H16O5. The van der Waals surface area contributed by atoms with E-state index >= 15 is 0 Å². The van der Waals surface area contributed by atoms with Crippen LogP contribution in [0.1, 0.15) is 33.2 Å². The Balaban J connectivity index is 1.66. The number of ether oxygens (including phenoxy) is 2. The highest BCUT2D eigenvalue weighted by molar-refractivity contribution is 6.09. The van der Waals surface area contributed by atoms with Gasteiger partial charge in [-0.3, -0.25) is 9.59 Å². The molecule has 0 aliphatic carbocycles. The van der Waals surface area contributed by atoms with Crippen LogP contribution < -0.4 is 9.47 Å². The quantitative estimate of drug-likeness (QED) is 0.390. The molecule has 0 fully saturated rings. The van der Waals surface area contributed by atoms with Gasteiger partial charge in [-0.25, -0.2) is 4.79 Å². The lowest BCUT2D eigenvalue weighted by Gasteiger charge is -2.06. The normalized spacial score (nSPS) is 10.1. The van der Waals surface area contributed by atoms with Crippen molar-refractivity contribution in [2.75, 3.05) is 0 Å². The lowest BCUT2D eigenvalue weighted by molar-refractivity contribution is -0.131. The van der Waals surface area contributed by atoms with E-state index in [9.17, 15) is 14.4 Å². The number of benzene rings is 3. The molecule has 3 rings (SSSR count). The molecule has 0 aliphatic rings. The van der Waals surface area contributed by atoms with Crippen molar-refractivity contribution in [3.05, 3.63) is 95.6 Å². The van der Waals surface area contributed by atoms with Gasteiger partial charge in [0.05, 0.1) is 5.56 Å². The Hall–Kier alpha value is -3.73. The standard InChI is InChI=1S/C22H16O5/c1-15(23)26-19-13-9-18(10-14-19)22(25)27-20-11-7-17(8-12-20)21(24)16-5-3-2-4-6-16/h2-14H,1H3. The van der Waals surface area contributed by atoms with Crippen LogP contribution in [0.25, 0.3) is 0 Å². The predicted molar refractivity (Wildman–Crippen MR) is 99.0 cm³/mol. The minimum Gasteiger partial charge on any atom is -0.427 e. The maximum atomic E-state index is 12.4. The Morgan fingerprint density at radius 1 is 0.593 bits per heavy atom. The Bertz CT molecular complexity index is 958. The highest BCUT2D eigenvalue weighted by Gasteiger charge is 2.11. The molecule has 0 saturated heterocycles. The number of esters is 2. The molecule has 0 unspecified atom stereocenters. The summed E-state index contributed by atoms with van der Waals surface area (Å²) in [4.78, 5) is 35.5. The van der Waals surface area contributed by atoms with Crippen molar-refractivity contribution in [1.29, 1.82) is 0 Å². The van der Waals surface area contributed by atoms with E-state index in [1.807, 2.05) is 6.07 Å². The van der Waals surface area contributed by atoms with Gasteiger partial charge in [0.15, 0.2) is 5.78 Å². The first-order valence-electron chi connectivity index (χ1n) is 8.23. The number of ketones is 1. The average Bonchev–Trinajstić information content (AvgIpc) is 2.69. The van der Waals surface area contributed by atoms with Crippen LogP contribution in [0.2, 0.25) is 0 Å². The smallest absolute Gasteiger partial charge is 0.343 e. The van der Waals surface area contributed by atoms with Crippen LogP contribution in [0.5, 0.6) is 11.5 Å². The molecule has 0 radical (unpaired) electrons. The number of rotatable bonds is 5. The van der Waals surface area contributed by atoms with Gasteiger partial charge >= 0.3 is 11.9 Å². The van der Waals surface area contributed by atoms with Gasteiger partial charge in [0.25, 0.3) is 0 Å².